The number of halogens is 1. The Morgan fingerprint density at radius 1 is 1.00 bits per heavy atom. The number of rotatable bonds is 4. The summed E-state index contributed by atoms with van der Waals surface area (Å²) < 4.78 is 16.0. The molecule has 0 atom stereocenters. The van der Waals surface area contributed by atoms with E-state index in [-0.39, 0.29) is 12.4 Å². The molecule has 1 aromatic carbocycles. The van der Waals surface area contributed by atoms with Crippen molar-refractivity contribution in [1.82, 2.24) is 15.0 Å². The average molecular weight is 322 g/mol. The summed E-state index contributed by atoms with van der Waals surface area (Å²) in [5.41, 5.74) is 2.58. The van der Waals surface area contributed by atoms with Crippen LogP contribution < -0.4 is 14.2 Å². The summed E-state index contributed by atoms with van der Waals surface area (Å²) >= 11 is 0. The Hall–Kier alpha value is -2.47. The minimum atomic E-state index is 0. The van der Waals surface area contributed by atoms with Gasteiger partial charge in [0, 0.05) is 11.8 Å². The van der Waals surface area contributed by atoms with Gasteiger partial charge in [0.2, 0.25) is 5.75 Å². The fraction of sp³-hybridized carbons (Fsp3) is 0.200. The second-order valence-electron chi connectivity index (χ2n) is 4.39. The van der Waals surface area contributed by atoms with Crippen LogP contribution in [0.2, 0.25) is 0 Å². The van der Waals surface area contributed by atoms with Gasteiger partial charge in [0.15, 0.2) is 11.5 Å². The summed E-state index contributed by atoms with van der Waals surface area (Å²) in [5, 5.41) is 0. The lowest BCUT2D eigenvalue weighted by Crippen LogP contribution is -1.96. The van der Waals surface area contributed by atoms with E-state index in [4.69, 9.17) is 14.2 Å². The summed E-state index contributed by atoms with van der Waals surface area (Å²) in [6.45, 7) is 0. The van der Waals surface area contributed by atoms with Gasteiger partial charge in [0.25, 0.3) is 0 Å². The number of ether oxygens (including phenoxy) is 3. The Morgan fingerprint density at radius 2 is 1.68 bits per heavy atom. The predicted molar refractivity (Wildman–Crippen MR) is 86.2 cm³/mol. The molecule has 0 fully saturated rings. The number of imidazole rings is 1. The number of hydrogen-bond donors (Lipinski definition) is 1. The van der Waals surface area contributed by atoms with Gasteiger partial charge in [0.1, 0.15) is 11.3 Å². The monoisotopic (exact) mass is 321 g/mol. The molecule has 0 saturated heterocycles. The van der Waals surface area contributed by atoms with Gasteiger partial charge >= 0.3 is 0 Å². The molecule has 0 aliphatic rings. The highest BCUT2D eigenvalue weighted by atomic mass is 35.5. The lowest BCUT2D eigenvalue weighted by Gasteiger charge is -2.13. The lowest BCUT2D eigenvalue weighted by molar-refractivity contribution is 0.324. The number of fused-ring (bicyclic) bond motifs is 1. The summed E-state index contributed by atoms with van der Waals surface area (Å²) in [5.74, 6) is 2.45. The van der Waals surface area contributed by atoms with E-state index >= 15 is 0 Å². The van der Waals surface area contributed by atoms with Crippen LogP contribution in [0, 0.1) is 0 Å². The van der Waals surface area contributed by atoms with E-state index in [0.717, 1.165) is 22.4 Å². The number of H-pyrrole nitrogens is 1. The number of benzene rings is 1. The van der Waals surface area contributed by atoms with Crippen LogP contribution in [0.3, 0.4) is 0 Å². The van der Waals surface area contributed by atoms with Crippen molar-refractivity contribution in [2.24, 2.45) is 0 Å². The SMILES string of the molecule is COc1cc(-c2nc3cnccc3[nH]2)cc(OC)c1OC.Cl. The molecule has 3 aromatic rings. The molecule has 0 radical (unpaired) electrons. The average Bonchev–Trinajstić information content (AvgIpc) is 2.97. The maximum Gasteiger partial charge on any atom is 0.203 e. The molecular formula is C15H16ClN3O3. The van der Waals surface area contributed by atoms with Crippen LogP contribution >= 0.6 is 12.4 Å². The van der Waals surface area contributed by atoms with Crippen molar-refractivity contribution >= 4 is 23.4 Å². The van der Waals surface area contributed by atoms with Crippen molar-refractivity contribution < 1.29 is 14.2 Å². The zero-order valence-electron chi connectivity index (χ0n) is 12.4. The molecule has 2 heterocycles. The topological polar surface area (TPSA) is 69.3 Å². The highest BCUT2D eigenvalue weighted by Gasteiger charge is 2.15. The van der Waals surface area contributed by atoms with Gasteiger partial charge in [-0.1, -0.05) is 0 Å². The molecule has 3 rings (SSSR count). The van der Waals surface area contributed by atoms with Crippen LogP contribution in [0.5, 0.6) is 17.2 Å². The molecule has 0 unspecified atom stereocenters. The Bertz CT molecular complexity index is 731. The molecule has 0 bridgehead atoms. The van der Waals surface area contributed by atoms with Gasteiger partial charge in [-0.3, -0.25) is 4.98 Å². The fourth-order valence-electron chi connectivity index (χ4n) is 2.21. The summed E-state index contributed by atoms with van der Waals surface area (Å²) in [6.07, 6.45) is 3.44. The molecule has 2 aromatic heterocycles. The van der Waals surface area contributed by atoms with E-state index in [9.17, 15) is 0 Å². The number of aromatic amines is 1. The molecular weight excluding hydrogens is 306 g/mol. The number of nitrogens with zero attached hydrogens (tertiary/aromatic N) is 2. The first-order chi connectivity index (χ1) is 10.3. The standard InChI is InChI=1S/C15H15N3O3.ClH/c1-19-12-6-9(7-13(20-2)14(12)21-3)15-17-10-4-5-16-8-11(10)18-15;/h4-8H,1-3H3,(H,17,18);1H. The van der Waals surface area contributed by atoms with Crippen molar-refractivity contribution in [3.63, 3.8) is 0 Å². The zero-order chi connectivity index (χ0) is 14.8. The normalized spacial score (nSPS) is 10.1. The van der Waals surface area contributed by atoms with Crippen LogP contribution in [-0.2, 0) is 0 Å². The third-order valence-electron chi connectivity index (χ3n) is 3.22. The molecule has 0 amide bonds. The quantitative estimate of drug-likeness (QED) is 0.799. The second-order valence-corrected chi connectivity index (χ2v) is 4.39. The summed E-state index contributed by atoms with van der Waals surface area (Å²) in [7, 11) is 4.75. The first-order valence-corrected chi connectivity index (χ1v) is 6.37. The molecule has 1 N–H and O–H groups in total. The van der Waals surface area contributed by atoms with E-state index in [0.29, 0.717) is 17.2 Å². The zero-order valence-corrected chi connectivity index (χ0v) is 13.2. The molecule has 6 nitrogen and oxygen atoms in total. The third kappa shape index (κ3) is 2.65. The van der Waals surface area contributed by atoms with Gasteiger partial charge in [-0.15, -0.1) is 12.4 Å². The van der Waals surface area contributed by atoms with Crippen molar-refractivity contribution in [3.05, 3.63) is 30.6 Å². The van der Waals surface area contributed by atoms with E-state index in [1.54, 1.807) is 33.7 Å². The fourth-order valence-corrected chi connectivity index (χ4v) is 2.21. The van der Waals surface area contributed by atoms with Gasteiger partial charge in [-0.2, -0.15) is 0 Å². The number of hydrogen-bond acceptors (Lipinski definition) is 5. The van der Waals surface area contributed by atoms with Gasteiger partial charge < -0.3 is 19.2 Å². The number of aromatic nitrogens is 3. The molecule has 22 heavy (non-hydrogen) atoms. The number of nitrogens with one attached hydrogen (secondary N) is 1. The van der Waals surface area contributed by atoms with Gasteiger partial charge in [-0.25, -0.2) is 4.98 Å². The Balaban J connectivity index is 0.00000176. The first-order valence-electron chi connectivity index (χ1n) is 6.37. The molecule has 0 spiro atoms. The third-order valence-corrected chi connectivity index (χ3v) is 3.22. The molecule has 0 aliphatic heterocycles. The minimum Gasteiger partial charge on any atom is -0.493 e. The Morgan fingerprint density at radius 3 is 2.23 bits per heavy atom. The maximum absolute atomic E-state index is 5.36. The lowest BCUT2D eigenvalue weighted by atomic mass is 10.1. The van der Waals surface area contributed by atoms with Gasteiger partial charge in [0.05, 0.1) is 33.0 Å². The van der Waals surface area contributed by atoms with E-state index < -0.39 is 0 Å². The van der Waals surface area contributed by atoms with Crippen LogP contribution in [0.1, 0.15) is 0 Å². The highest BCUT2D eigenvalue weighted by Crippen LogP contribution is 2.40. The van der Waals surface area contributed by atoms with Crippen LogP contribution in [0.15, 0.2) is 30.6 Å². The summed E-state index contributed by atoms with van der Waals surface area (Å²) in [6, 6.07) is 5.59. The second kappa shape index (κ2) is 6.53. The molecule has 0 aliphatic carbocycles. The van der Waals surface area contributed by atoms with E-state index in [2.05, 4.69) is 15.0 Å². The predicted octanol–water partition coefficient (Wildman–Crippen LogP) is 3.07. The largest absolute Gasteiger partial charge is 0.493 e. The van der Waals surface area contributed by atoms with Gasteiger partial charge in [-0.05, 0) is 18.2 Å². The minimum absolute atomic E-state index is 0. The highest BCUT2D eigenvalue weighted by molar-refractivity contribution is 5.85. The van der Waals surface area contributed by atoms with E-state index in [1.165, 1.54) is 0 Å². The number of methoxy groups -OCH3 is 3. The van der Waals surface area contributed by atoms with E-state index in [1.807, 2.05) is 18.2 Å². The van der Waals surface area contributed by atoms with Crippen LogP contribution in [-0.4, -0.2) is 36.3 Å². The Kier molecular flexibility index (Phi) is 4.72. The Labute approximate surface area is 133 Å². The first kappa shape index (κ1) is 15.9. The smallest absolute Gasteiger partial charge is 0.203 e. The molecule has 7 heteroatoms. The molecule has 116 valence electrons. The number of pyridine rings is 1. The van der Waals surface area contributed by atoms with Crippen LogP contribution in [0.4, 0.5) is 0 Å². The van der Waals surface area contributed by atoms with Crippen LogP contribution in [0.25, 0.3) is 22.4 Å². The summed E-state index contributed by atoms with van der Waals surface area (Å²) in [4.78, 5) is 11.8. The van der Waals surface area contributed by atoms with Crippen molar-refractivity contribution in [3.8, 4) is 28.6 Å². The maximum atomic E-state index is 5.36. The van der Waals surface area contributed by atoms with Crippen molar-refractivity contribution in [2.45, 2.75) is 0 Å². The van der Waals surface area contributed by atoms with Crippen molar-refractivity contribution in [2.75, 3.05) is 21.3 Å². The molecule has 0 saturated carbocycles. The van der Waals surface area contributed by atoms with Crippen molar-refractivity contribution in [1.29, 1.82) is 0 Å².